The zero-order valence-corrected chi connectivity index (χ0v) is 19.7. The molecule has 156 valence electrons. The number of hydrogen-bond donors (Lipinski definition) is 0. The Morgan fingerprint density at radius 2 is 1.76 bits per heavy atom. The first-order valence-electron chi connectivity index (χ1n) is 10.0. The van der Waals surface area contributed by atoms with E-state index in [1.54, 1.807) is 6.08 Å². The lowest BCUT2D eigenvalue weighted by Gasteiger charge is -2.26. The molecule has 0 aromatic heterocycles. The minimum atomic E-state index is 0.542. The van der Waals surface area contributed by atoms with Crippen molar-refractivity contribution < 1.29 is 0 Å². The molecular formula is C25H34ClN3. The van der Waals surface area contributed by atoms with Crippen LogP contribution in [0.25, 0.3) is 0 Å². The smallest absolute Gasteiger partial charge is 0.129 e. The van der Waals surface area contributed by atoms with Gasteiger partial charge in [-0.15, -0.1) is 6.58 Å². The fourth-order valence-corrected chi connectivity index (χ4v) is 3.45. The van der Waals surface area contributed by atoms with Crippen molar-refractivity contribution in [2.45, 2.75) is 48.0 Å². The molecule has 0 saturated carbocycles. The molecule has 0 N–H and O–H groups in total. The standard InChI is InChI=1S/C20H22ClN3.C3H6.C2H6/c1-12(2)24-17-10-13(3)14(4)19(17)20(23-11-18(24)22-5)15-6-8-16(21)9-7-15;1-3-2;1-2/h6-9H,1,10-11H2,2-5H3;3H,1H2,2H3;1-2H3. The summed E-state index contributed by atoms with van der Waals surface area (Å²) in [7, 11) is 1.82. The Bertz CT molecular complexity index is 868. The molecular weight excluding hydrogens is 378 g/mol. The molecule has 0 spiro atoms. The molecule has 1 aliphatic heterocycles. The van der Waals surface area contributed by atoms with E-state index in [0.29, 0.717) is 6.54 Å². The van der Waals surface area contributed by atoms with Gasteiger partial charge in [0.1, 0.15) is 5.84 Å². The lowest BCUT2D eigenvalue weighted by molar-refractivity contribution is 0.607. The summed E-state index contributed by atoms with van der Waals surface area (Å²) in [5.41, 5.74) is 8.16. The van der Waals surface area contributed by atoms with Gasteiger partial charge in [-0.1, -0.05) is 55.8 Å². The predicted octanol–water partition coefficient (Wildman–Crippen LogP) is 7.22. The van der Waals surface area contributed by atoms with Gasteiger partial charge in [-0.05, 0) is 45.4 Å². The zero-order valence-electron chi connectivity index (χ0n) is 18.9. The van der Waals surface area contributed by atoms with Crippen LogP contribution in [-0.4, -0.2) is 30.0 Å². The third kappa shape index (κ3) is 5.57. The second-order valence-electron chi connectivity index (χ2n) is 6.69. The number of halogens is 1. The molecule has 0 radical (unpaired) electrons. The van der Waals surface area contributed by atoms with Crippen LogP contribution in [0.2, 0.25) is 5.02 Å². The third-order valence-electron chi connectivity index (χ3n) is 4.64. The molecule has 0 fully saturated rings. The molecule has 0 amide bonds. The average molecular weight is 412 g/mol. The van der Waals surface area contributed by atoms with Gasteiger partial charge >= 0.3 is 0 Å². The van der Waals surface area contributed by atoms with E-state index in [0.717, 1.165) is 34.3 Å². The highest BCUT2D eigenvalue weighted by molar-refractivity contribution is 6.30. The largest absolute Gasteiger partial charge is 0.305 e. The van der Waals surface area contributed by atoms with Gasteiger partial charge in [0, 0.05) is 41.0 Å². The zero-order chi connectivity index (χ0) is 22.1. The predicted molar refractivity (Wildman–Crippen MR) is 130 cm³/mol. The molecule has 0 saturated heterocycles. The molecule has 3 rings (SSSR count). The SMILES string of the molecule is C=C(C)N1C(=NC)CN=C(c2ccc(Cl)cc2)C2=C1CC(C)=C2C.C=CC.CC. The minimum absolute atomic E-state index is 0.542. The van der Waals surface area contributed by atoms with E-state index in [-0.39, 0.29) is 0 Å². The Balaban J connectivity index is 0.000000771. The third-order valence-corrected chi connectivity index (χ3v) is 4.89. The van der Waals surface area contributed by atoms with E-state index in [1.807, 2.05) is 59.0 Å². The van der Waals surface area contributed by atoms with Crippen molar-refractivity contribution in [1.29, 1.82) is 0 Å². The quantitative estimate of drug-likeness (QED) is 0.472. The molecule has 4 heteroatoms. The van der Waals surface area contributed by atoms with Crippen molar-refractivity contribution in [3.63, 3.8) is 0 Å². The lowest BCUT2D eigenvalue weighted by Crippen LogP contribution is -2.29. The van der Waals surface area contributed by atoms with E-state index < -0.39 is 0 Å². The maximum Gasteiger partial charge on any atom is 0.129 e. The number of hydrogen-bond acceptors (Lipinski definition) is 2. The molecule has 1 heterocycles. The average Bonchev–Trinajstić information content (AvgIpc) is 2.89. The Labute approximate surface area is 181 Å². The Kier molecular flexibility index (Phi) is 9.84. The van der Waals surface area contributed by atoms with Gasteiger partial charge in [0.2, 0.25) is 0 Å². The Morgan fingerprint density at radius 3 is 2.24 bits per heavy atom. The first-order valence-corrected chi connectivity index (χ1v) is 10.4. The molecule has 29 heavy (non-hydrogen) atoms. The van der Waals surface area contributed by atoms with Crippen LogP contribution in [0.1, 0.15) is 53.5 Å². The van der Waals surface area contributed by atoms with Crippen molar-refractivity contribution in [1.82, 2.24) is 4.90 Å². The summed E-state index contributed by atoms with van der Waals surface area (Å²) in [4.78, 5) is 11.5. The second-order valence-corrected chi connectivity index (χ2v) is 7.13. The van der Waals surface area contributed by atoms with Gasteiger partial charge in [-0.2, -0.15) is 0 Å². The normalized spacial score (nSPS) is 16.9. The van der Waals surface area contributed by atoms with Crippen molar-refractivity contribution in [2.24, 2.45) is 9.98 Å². The van der Waals surface area contributed by atoms with E-state index in [1.165, 1.54) is 22.4 Å². The number of aliphatic imine (C=N–C) groups is 2. The summed E-state index contributed by atoms with van der Waals surface area (Å²) in [5, 5.41) is 0.733. The topological polar surface area (TPSA) is 28.0 Å². The Hall–Kier alpha value is -2.39. The number of amidine groups is 1. The van der Waals surface area contributed by atoms with E-state index in [4.69, 9.17) is 16.6 Å². The second kappa shape index (κ2) is 11.6. The van der Waals surface area contributed by atoms with Gasteiger partial charge in [0.05, 0.1) is 12.3 Å². The van der Waals surface area contributed by atoms with Gasteiger partial charge < -0.3 is 4.90 Å². The van der Waals surface area contributed by atoms with Gasteiger partial charge in [0.15, 0.2) is 0 Å². The summed E-state index contributed by atoms with van der Waals surface area (Å²) in [6, 6.07) is 7.89. The van der Waals surface area contributed by atoms with Crippen LogP contribution in [0.15, 0.2) is 81.6 Å². The monoisotopic (exact) mass is 411 g/mol. The summed E-state index contributed by atoms with van der Waals surface area (Å²) in [6.07, 6.45) is 2.65. The number of allylic oxidation sites excluding steroid dienone is 5. The molecule has 1 aromatic carbocycles. The molecule has 3 nitrogen and oxygen atoms in total. The number of rotatable bonds is 2. The minimum Gasteiger partial charge on any atom is -0.305 e. The van der Waals surface area contributed by atoms with Crippen molar-refractivity contribution >= 4 is 23.1 Å². The fraction of sp³-hybridized carbons (Fsp3) is 0.360. The van der Waals surface area contributed by atoms with Crippen LogP contribution in [0.4, 0.5) is 0 Å². The molecule has 0 unspecified atom stereocenters. The van der Waals surface area contributed by atoms with Gasteiger partial charge in [0.25, 0.3) is 0 Å². The van der Waals surface area contributed by atoms with Crippen molar-refractivity contribution in [2.75, 3.05) is 13.6 Å². The fourth-order valence-electron chi connectivity index (χ4n) is 3.33. The molecule has 0 atom stereocenters. The van der Waals surface area contributed by atoms with Crippen LogP contribution in [-0.2, 0) is 0 Å². The van der Waals surface area contributed by atoms with Crippen LogP contribution in [0, 0.1) is 0 Å². The van der Waals surface area contributed by atoms with Crippen LogP contribution < -0.4 is 0 Å². The first-order chi connectivity index (χ1) is 13.8. The summed E-state index contributed by atoms with van der Waals surface area (Å²) >= 11 is 6.06. The summed E-state index contributed by atoms with van der Waals surface area (Å²) in [5.74, 6) is 0.932. The maximum absolute atomic E-state index is 6.06. The summed E-state index contributed by atoms with van der Waals surface area (Å²) < 4.78 is 0. The molecule has 1 aliphatic carbocycles. The highest BCUT2D eigenvalue weighted by Crippen LogP contribution is 2.39. The van der Waals surface area contributed by atoms with Gasteiger partial charge in [-0.25, -0.2) is 0 Å². The molecule has 2 aliphatic rings. The van der Waals surface area contributed by atoms with E-state index >= 15 is 0 Å². The van der Waals surface area contributed by atoms with Crippen LogP contribution in [0.5, 0.6) is 0 Å². The highest BCUT2D eigenvalue weighted by Gasteiger charge is 2.32. The van der Waals surface area contributed by atoms with E-state index in [9.17, 15) is 0 Å². The van der Waals surface area contributed by atoms with Crippen molar-refractivity contribution in [3.8, 4) is 0 Å². The van der Waals surface area contributed by atoms with Gasteiger partial charge in [-0.3, -0.25) is 9.98 Å². The number of benzene rings is 1. The lowest BCUT2D eigenvalue weighted by atomic mass is 9.97. The molecule has 0 bridgehead atoms. The summed E-state index contributed by atoms with van der Waals surface area (Å²) in [6.45, 7) is 20.3. The van der Waals surface area contributed by atoms with E-state index in [2.05, 4.69) is 36.9 Å². The highest BCUT2D eigenvalue weighted by atomic mass is 35.5. The van der Waals surface area contributed by atoms with Crippen molar-refractivity contribution in [3.05, 3.63) is 82.2 Å². The number of nitrogens with zero attached hydrogens (tertiary/aromatic N) is 3. The maximum atomic E-state index is 6.06. The Morgan fingerprint density at radius 1 is 1.21 bits per heavy atom. The first kappa shape index (κ1) is 24.6. The van der Waals surface area contributed by atoms with Crippen LogP contribution >= 0.6 is 11.6 Å². The van der Waals surface area contributed by atoms with Crippen LogP contribution in [0.3, 0.4) is 0 Å². The molecule has 1 aromatic rings.